The van der Waals surface area contributed by atoms with Gasteiger partial charge in [-0.3, -0.25) is 0 Å². The summed E-state index contributed by atoms with van der Waals surface area (Å²) in [6, 6.07) is 0. The van der Waals surface area contributed by atoms with Crippen molar-refractivity contribution < 1.29 is 19.8 Å². The van der Waals surface area contributed by atoms with Crippen LogP contribution in [0.2, 0.25) is 0 Å². The van der Waals surface area contributed by atoms with Crippen LogP contribution in [0.3, 0.4) is 0 Å². The Hall–Kier alpha value is 1.10. The SMILES string of the molecule is CC[SH+]CC.O=[P+]([O-])[O-].[Mg+2].[OH-]. The molecule has 0 aromatic carbocycles. The van der Waals surface area contributed by atoms with Crippen molar-refractivity contribution in [1.82, 2.24) is 0 Å². The molecule has 0 saturated carbocycles. The van der Waals surface area contributed by atoms with Gasteiger partial charge < -0.3 is 15.3 Å². The van der Waals surface area contributed by atoms with E-state index >= 15 is 0 Å². The van der Waals surface area contributed by atoms with Crippen LogP contribution in [0, 0.1) is 0 Å². The van der Waals surface area contributed by atoms with Crippen LogP contribution in [0.5, 0.6) is 0 Å². The number of thiol groups is 1. The van der Waals surface area contributed by atoms with Crippen molar-refractivity contribution in [2.45, 2.75) is 13.8 Å². The fourth-order valence-electron chi connectivity index (χ4n) is 0.224. The van der Waals surface area contributed by atoms with Gasteiger partial charge in [0.05, 0.1) is 0 Å². The molecule has 0 bridgehead atoms. The molecule has 0 aromatic rings. The van der Waals surface area contributed by atoms with E-state index < -0.39 is 8.25 Å². The van der Waals surface area contributed by atoms with Crippen LogP contribution in [0.15, 0.2) is 0 Å². The largest absolute Gasteiger partial charge is 2.00 e. The first kappa shape index (κ1) is 22.7. The van der Waals surface area contributed by atoms with Gasteiger partial charge in [0.15, 0.2) is 0 Å². The molecule has 0 atom stereocenters. The zero-order valence-corrected chi connectivity index (χ0v) is 9.89. The first-order chi connectivity index (χ1) is 4.15. The summed E-state index contributed by atoms with van der Waals surface area (Å²) in [5, 5.41) is 0. The summed E-state index contributed by atoms with van der Waals surface area (Å²) in [6.07, 6.45) is 0. The van der Waals surface area contributed by atoms with Gasteiger partial charge in [-0.15, -0.1) is 0 Å². The Morgan fingerprint density at radius 1 is 1.27 bits per heavy atom. The maximum Gasteiger partial charge on any atom is 2.00 e. The van der Waals surface area contributed by atoms with Gasteiger partial charge in [-0.1, -0.05) is 4.57 Å². The molecule has 0 unspecified atom stereocenters. The standard InChI is InChI=1S/C4H10S.Mg.HO3P.H2O/c1-3-5-4-2;;1-4(2)3;/h3-4H2,1-2H3;;(H,1,2,3);1H2/q;+2;;/p-1. The summed E-state index contributed by atoms with van der Waals surface area (Å²) in [5.74, 6) is 2.63. The molecule has 7 heteroatoms. The maximum atomic E-state index is 8.48. The smallest absolute Gasteiger partial charge is 0.870 e. The Balaban J connectivity index is -0.0000000383. The summed E-state index contributed by atoms with van der Waals surface area (Å²) < 4.78 is 8.48. The molecule has 0 rings (SSSR count). The second kappa shape index (κ2) is 22.5. The predicted molar refractivity (Wildman–Crippen MR) is 45.1 cm³/mol. The number of rotatable bonds is 2. The van der Waals surface area contributed by atoms with Crippen molar-refractivity contribution >= 4 is 43.1 Å². The molecule has 11 heavy (non-hydrogen) atoms. The molecule has 0 heterocycles. The van der Waals surface area contributed by atoms with Gasteiger partial charge in [-0.25, -0.2) is 0 Å². The number of hydrogen-bond acceptors (Lipinski definition) is 4. The van der Waals surface area contributed by atoms with Crippen LogP contribution in [-0.4, -0.2) is 40.0 Å². The van der Waals surface area contributed by atoms with Crippen molar-refractivity contribution in [3.8, 4) is 0 Å². The Morgan fingerprint density at radius 3 is 1.45 bits per heavy atom. The van der Waals surface area contributed by atoms with E-state index in [2.05, 4.69) is 13.8 Å². The topological polar surface area (TPSA) is 93.2 Å². The third-order valence-electron chi connectivity index (χ3n) is 0.447. The summed E-state index contributed by atoms with van der Waals surface area (Å²) in [7, 11) is -3.37. The first-order valence-electron chi connectivity index (χ1n) is 2.59. The summed E-state index contributed by atoms with van der Waals surface area (Å²) in [6.45, 7) is 4.40. The average Bonchev–Trinajstić information content (AvgIpc) is 1.66. The minimum Gasteiger partial charge on any atom is -0.870 e. The van der Waals surface area contributed by atoms with Crippen molar-refractivity contribution in [1.29, 1.82) is 0 Å². The van der Waals surface area contributed by atoms with E-state index in [1.165, 1.54) is 11.5 Å². The van der Waals surface area contributed by atoms with E-state index in [4.69, 9.17) is 14.4 Å². The molecule has 0 aliphatic carbocycles. The molecule has 0 amide bonds. The molecule has 1 N–H and O–H groups in total. The van der Waals surface area contributed by atoms with Gasteiger partial charge >= 0.3 is 23.1 Å². The van der Waals surface area contributed by atoms with Crippen molar-refractivity contribution in [2.24, 2.45) is 0 Å². The maximum absolute atomic E-state index is 8.48. The van der Waals surface area contributed by atoms with Crippen LogP contribution in [0.25, 0.3) is 0 Å². The van der Waals surface area contributed by atoms with Crippen LogP contribution < -0.4 is 9.79 Å². The van der Waals surface area contributed by atoms with Crippen molar-refractivity contribution in [2.75, 3.05) is 11.5 Å². The van der Waals surface area contributed by atoms with E-state index in [1.54, 1.807) is 11.8 Å². The fraction of sp³-hybridized carbons (Fsp3) is 1.00. The van der Waals surface area contributed by atoms with Crippen LogP contribution in [-0.2, 0) is 16.3 Å². The molecule has 0 radical (unpaired) electrons. The third-order valence-corrected chi connectivity index (χ3v) is 1.34. The van der Waals surface area contributed by atoms with Crippen molar-refractivity contribution in [3.05, 3.63) is 0 Å². The average molecular weight is 211 g/mol. The zero-order valence-electron chi connectivity index (χ0n) is 6.69. The third kappa shape index (κ3) is 95.8. The quantitative estimate of drug-likeness (QED) is 0.244. The van der Waals surface area contributed by atoms with Gasteiger partial charge in [0.2, 0.25) is 0 Å². The van der Waals surface area contributed by atoms with Gasteiger partial charge in [0.1, 0.15) is 11.5 Å². The van der Waals surface area contributed by atoms with Gasteiger partial charge in [0.25, 0.3) is 8.25 Å². The molecule has 4 nitrogen and oxygen atoms in total. The van der Waals surface area contributed by atoms with Gasteiger partial charge in [-0.2, -0.15) is 0 Å². The monoisotopic (exact) mass is 211 g/mol. The summed E-state index contributed by atoms with van der Waals surface area (Å²) >= 11 is 1.58. The second-order valence-corrected chi connectivity index (χ2v) is 3.24. The van der Waals surface area contributed by atoms with Crippen LogP contribution >= 0.6 is 8.25 Å². The van der Waals surface area contributed by atoms with E-state index in [-0.39, 0.29) is 28.5 Å². The Morgan fingerprint density at radius 2 is 1.45 bits per heavy atom. The minimum atomic E-state index is -3.37. The molecule has 64 valence electrons. The summed E-state index contributed by atoms with van der Waals surface area (Å²) in [4.78, 5) is 17.0. The molecule has 0 aliphatic rings. The van der Waals surface area contributed by atoms with Gasteiger partial charge in [-0.05, 0) is 25.6 Å². The molecular weight excluding hydrogens is 199 g/mol. The molecule has 0 aromatic heterocycles. The Labute approximate surface area is 88.2 Å². The Kier molecular flexibility index (Phi) is 46.4. The van der Waals surface area contributed by atoms with E-state index in [0.29, 0.717) is 0 Å². The molecular formula is C4H12MgO4PS+. The molecule has 0 fully saturated rings. The summed E-state index contributed by atoms with van der Waals surface area (Å²) in [5.41, 5.74) is 0. The van der Waals surface area contributed by atoms with E-state index in [0.717, 1.165) is 0 Å². The molecule has 0 saturated heterocycles. The van der Waals surface area contributed by atoms with E-state index in [1.807, 2.05) is 0 Å². The number of hydrogen-bond donors (Lipinski definition) is 0. The van der Waals surface area contributed by atoms with Gasteiger partial charge in [0, 0.05) is 0 Å². The second-order valence-electron chi connectivity index (χ2n) is 1.08. The first-order valence-corrected chi connectivity index (χ1v) is 4.95. The normalized spacial score (nSPS) is 6.18. The Bertz CT molecular complexity index is 69.1. The molecule has 0 spiro atoms. The molecule has 0 aliphatic heterocycles. The fourth-order valence-corrected chi connectivity index (χ4v) is 0.671. The predicted octanol–water partition coefficient (Wildman–Crippen LogP) is -1.35. The zero-order chi connectivity index (χ0) is 7.70. The van der Waals surface area contributed by atoms with Crippen molar-refractivity contribution in [3.63, 3.8) is 0 Å². The minimum absolute atomic E-state index is 0. The van der Waals surface area contributed by atoms with Crippen LogP contribution in [0.1, 0.15) is 13.8 Å². The van der Waals surface area contributed by atoms with Crippen LogP contribution in [0.4, 0.5) is 0 Å². The van der Waals surface area contributed by atoms with E-state index in [9.17, 15) is 0 Å².